The number of nitrogens with zero attached hydrogens (tertiary/aromatic N) is 1. The molecule has 1 unspecified atom stereocenters. The lowest BCUT2D eigenvalue weighted by molar-refractivity contribution is 0.239. The van der Waals surface area contributed by atoms with E-state index in [-0.39, 0.29) is 0 Å². The van der Waals surface area contributed by atoms with Crippen LogP contribution in [0.15, 0.2) is 22.9 Å². The lowest BCUT2D eigenvalue weighted by Crippen LogP contribution is -2.29. The summed E-state index contributed by atoms with van der Waals surface area (Å²) in [7, 11) is 2.03. The zero-order valence-electron chi connectivity index (χ0n) is 8.33. The summed E-state index contributed by atoms with van der Waals surface area (Å²) in [5.74, 6) is 0.802. The molecule has 1 aromatic heterocycles. The van der Waals surface area contributed by atoms with Crippen LogP contribution >= 0.6 is 15.9 Å². The highest BCUT2D eigenvalue weighted by Gasteiger charge is 2.27. The molecule has 0 aliphatic heterocycles. The zero-order valence-corrected chi connectivity index (χ0v) is 9.92. The van der Waals surface area contributed by atoms with Crippen molar-refractivity contribution in [2.24, 2.45) is 5.92 Å². The van der Waals surface area contributed by atoms with E-state index in [0.29, 0.717) is 6.04 Å². The third-order valence-electron chi connectivity index (χ3n) is 3.02. The van der Waals surface area contributed by atoms with Crippen molar-refractivity contribution in [2.75, 3.05) is 7.05 Å². The molecule has 0 spiro atoms. The first-order valence-electron chi connectivity index (χ1n) is 5.09. The minimum atomic E-state index is 0.480. The van der Waals surface area contributed by atoms with E-state index in [1.54, 1.807) is 0 Å². The second-order valence-corrected chi connectivity index (χ2v) is 4.81. The molecule has 0 aromatic carbocycles. The average Bonchev–Trinajstić information content (AvgIpc) is 2.10. The van der Waals surface area contributed by atoms with Gasteiger partial charge in [0.1, 0.15) is 0 Å². The highest BCUT2D eigenvalue weighted by Crippen LogP contribution is 2.37. The van der Waals surface area contributed by atoms with E-state index in [2.05, 4.69) is 32.3 Å². The molecule has 2 rings (SSSR count). The molecule has 76 valence electrons. The van der Waals surface area contributed by atoms with Crippen LogP contribution < -0.4 is 5.32 Å². The minimum absolute atomic E-state index is 0.480. The maximum absolute atomic E-state index is 4.21. The Morgan fingerprint density at radius 1 is 1.50 bits per heavy atom. The summed E-state index contributed by atoms with van der Waals surface area (Å²) >= 11 is 3.46. The van der Waals surface area contributed by atoms with Crippen molar-refractivity contribution in [3.05, 3.63) is 28.5 Å². The predicted octanol–water partition coefficient (Wildman–Crippen LogP) is 2.90. The number of halogens is 1. The van der Waals surface area contributed by atoms with Crippen LogP contribution in [0.2, 0.25) is 0 Å². The van der Waals surface area contributed by atoms with Crippen molar-refractivity contribution >= 4 is 15.9 Å². The van der Waals surface area contributed by atoms with Crippen LogP contribution in [0.1, 0.15) is 30.9 Å². The molecule has 1 aliphatic carbocycles. The third kappa shape index (κ3) is 1.98. The van der Waals surface area contributed by atoms with Gasteiger partial charge in [-0.05, 0) is 53.4 Å². The van der Waals surface area contributed by atoms with Gasteiger partial charge in [0, 0.05) is 22.9 Å². The van der Waals surface area contributed by atoms with Gasteiger partial charge in [0.25, 0.3) is 0 Å². The quantitative estimate of drug-likeness (QED) is 0.898. The van der Waals surface area contributed by atoms with Gasteiger partial charge in [-0.25, -0.2) is 0 Å². The number of hydrogen-bond acceptors (Lipinski definition) is 2. The molecule has 1 atom stereocenters. The average molecular weight is 255 g/mol. The van der Waals surface area contributed by atoms with Crippen LogP contribution in [0, 0.1) is 5.92 Å². The lowest BCUT2D eigenvalue weighted by atomic mass is 9.77. The van der Waals surface area contributed by atoms with Crippen LogP contribution in [-0.2, 0) is 0 Å². The molecule has 1 saturated carbocycles. The van der Waals surface area contributed by atoms with Crippen LogP contribution in [0.4, 0.5) is 0 Å². The van der Waals surface area contributed by atoms with Gasteiger partial charge >= 0.3 is 0 Å². The summed E-state index contributed by atoms with van der Waals surface area (Å²) in [6, 6.07) is 2.64. The highest BCUT2D eigenvalue weighted by atomic mass is 79.9. The number of nitrogens with one attached hydrogen (secondary N) is 1. The highest BCUT2D eigenvalue weighted by molar-refractivity contribution is 9.10. The first-order chi connectivity index (χ1) is 6.81. The van der Waals surface area contributed by atoms with Gasteiger partial charge in [-0.1, -0.05) is 6.42 Å². The molecular weight excluding hydrogens is 240 g/mol. The van der Waals surface area contributed by atoms with Crippen molar-refractivity contribution in [3.63, 3.8) is 0 Å². The number of rotatable bonds is 3. The summed E-state index contributed by atoms with van der Waals surface area (Å²) < 4.78 is 1.06. The van der Waals surface area contributed by atoms with Crippen molar-refractivity contribution in [1.29, 1.82) is 0 Å². The standard InChI is InChI=1S/C11H15BrN2/c1-13-11(8-3-2-4-8)9-5-10(12)7-14-6-9/h5-8,11,13H,2-4H2,1H3. The fourth-order valence-electron chi connectivity index (χ4n) is 2.05. The molecule has 3 heteroatoms. The van der Waals surface area contributed by atoms with Crippen LogP contribution in [-0.4, -0.2) is 12.0 Å². The van der Waals surface area contributed by atoms with Gasteiger partial charge in [-0.2, -0.15) is 0 Å². The largest absolute Gasteiger partial charge is 0.313 e. The van der Waals surface area contributed by atoms with Crippen molar-refractivity contribution in [3.8, 4) is 0 Å². The Kier molecular flexibility index (Phi) is 3.19. The predicted molar refractivity (Wildman–Crippen MR) is 61.1 cm³/mol. The maximum Gasteiger partial charge on any atom is 0.0410 e. The zero-order chi connectivity index (χ0) is 9.97. The van der Waals surface area contributed by atoms with Crippen molar-refractivity contribution in [1.82, 2.24) is 10.3 Å². The maximum atomic E-state index is 4.21. The Morgan fingerprint density at radius 2 is 2.29 bits per heavy atom. The third-order valence-corrected chi connectivity index (χ3v) is 3.45. The van der Waals surface area contributed by atoms with E-state index in [4.69, 9.17) is 0 Å². The molecule has 1 fully saturated rings. The molecule has 1 N–H and O–H groups in total. The Morgan fingerprint density at radius 3 is 2.79 bits per heavy atom. The lowest BCUT2D eigenvalue weighted by Gasteiger charge is -2.33. The fourth-order valence-corrected chi connectivity index (χ4v) is 2.43. The second kappa shape index (κ2) is 4.41. The smallest absolute Gasteiger partial charge is 0.0410 e. The molecule has 1 aliphatic rings. The molecule has 0 saturated heterocycles. The fraction of sp³-hybridized carbons (Fsp3) is 0.545. The molecular formula is C11H15BrN2. The summed E-state index contributed by atoms with van der Waals surface area (Å²) in [4.78, 5) is 4.21. The van der Waals surface area contributed by atoms with E-state index in [1.165, 1.54) is 24.8 Å². The number of hydrogen-bond donors (Lipinski definition) is 1. The SMILES string of the molecule is CNC(c1cncc(Br)c1)C1CCC1. The molecule has 1 heterocycles. The monoisotopic (exact) mass is 254 g/mol. The first-order valence-corrected chi connectivity index (χ1v) is 5.88. The van der Waals surface area contributed by atoms with E-state index in [0.717, 1.165) is 10.4 Å². The molecule has 14 heavy (non-hydrogen) atoms. The van der Waals surface area contributed by atoms with E-state index in [9.17, 15) is 0 Å². The molecule has 0 bridgehead atoms. The van der Waals surface area contributed by atoms with Crippen LogP contribution in [0.3, 0.4) is 0 Å². The van der Waals surface area contributed by atoms with Gasteiger partial charge in [0.15, 0.2) is 0 Å². The summed E-state index contributed by atoms with van der Waals surface area (Å²) in [5, 5.41) is 3.39. The van der Waals surface area contributed by atoms with Crippen molar-refractivity contribution < 1.29 is 0 Å². The Bertz CT molecular complexity index is 310. The van der Waals surface area contributed by atoms with Gasteiger partial charge < -0.3 is 5.32 Å². The number of pyridine rings is 1. The van der Waals surface area contributed by atoms with E-state index >= 15 is 0 Å². The van der Waals surface area contributed by atoms with Gasteiger partial charge in [0.05, 0.1) is 0 Å². The Balaban J connectivity index is 2.17. The molecule has 0 radical (unpaired) electrons. The molecule has 0 amide bonds. The Labute approximate surface area is 93.3 Å². The van der Waals surface area contributed by atoms with Gasteiger partial charge in [-0.15, -0.1) is 0 Å². The number of aromatic nitrogens is 1. The van der Waals surface area contributed by atoms with Gasteiger partial charge in [0.2, 0.25) is 0 Å². The van der Waals surface area contributed by atoms with Crippen LogP contribution in [0.25, 0.3) is 0 Å². The summed E-state index contributed by atoms with van der Waals surface area (Å²) in [5.41, 5.74) is 1.30. The minimum Gasteiger partial charge on any atom is -0.313 e. The molecule has 1 aromatic rings. The molecule has 2 nitrogen and oxygen atoms in total. The summed E-state index contributed by atoms with van der Waals surface area (Å²) in [6.45, 7) is 0. The van der Waals surface area contributed by atoms with Crippen molar-refractivity contribution in [2.45, 2.75) is 25.3 Å². The summed E-state index contributed by atoms with van der Waals surface area (Å²) in [6.07, 6.45) is 7.86. The first kappa shape index (κ1) is 10.1. The Hall–Kier alpha value is -0.410. The van der Waals surface area contributed by atoms with Crippen LogP contribution in [0.5, 0.6) is 0 Å². The second-order valence-electron chi connectivity index (χ2n) is 3.89. The normalized spacial score (nSPS) is 19.0. The van der Waals surface area contributed by atoms with E-state index < -0.39 is 0 Å². The topological polar surface area (TPSA) is 24.9 Å². The van der Waals surface area contributed by atoms with E-state index in [1.807, 2.05) is 19.4 Å². The van der Waals surface area contributed by atoms with Gasteiger partial charge in [-0.3, -0.25) is 4.98 Å².